The second kappa shape index (κ2) is 7.67. The molecule has 0 saturated carbocycles. The Morgan fingerprint density at radius 3 is 2.63 bits per heavy atom. The number of benzene rings is 1. The Morgan fingerprint density at radius 1 is 1.37 bits per heavy atom. The Morgan fingerprint density at radius 2 is 2.11 bits per heavy atom. The van der Waals surface area contributed by atoms with E-state index in [-0.39, 0.29) is 0 Å². The molecule has 0 radical (unpaired) electrons. The molecule has 0 atom stereocenters. The second-order valence-corrected chi connectivity index (χ2v) is 5.09. The van der Waals surface area contributed by atoms with Crippen molar-refractivity contribution < 1.29 is 4.74 Å². The summed E-state index contributed by atoms with van der Waals surface area (Å²) in [5.74, 6) is 2.20. The van der Waals surface area contributed by atoms with Gasteiger partial charge in [0.2, 0.25) is 0 Å². The first-order valence-corrected chi connectivity index (χ1v) is 6.95. The van der Waals surface area contributed by atoms with Crippen LogP contribution >= 0.6 is 0 Å². The number of allylic oxidation sites excluding steroid dienone is 3. The molecule has 0 spiro atoms. The predicted molar refractivity (Wildman–Crippen MR) is 83.2 cm³/mol. The fourth-order valence-corrected chi connectivity index (χ4v) is 1.93. The zero-order valence-corrected chi connectivity index (χ0v) is 12.4. The Balaban J connectivity index is 2.87. The van der Waals surface area contributed by atoms with Gasteiger partial charge in [-0.2, -0.15) is 0 Å². The molecule has 104 valence electrons. The number of ether oxygens (including phenoxy) is 1. The summed E-state index contributed by atoms with van der Waals surface area (Å²) in [6, 6.07) is 6.06. The van der Waals surface area contributed by atoms with Crippen LogP contribution in [0.5, 0.6) is 5.75 Å². The van der Waals surface area contributed by atoms with Crippen LogP contribution in [-0.4, -0.2) is 0 Å². The number of nitrogens with two attached hydrogens (primary N) is 1. The molecule has 0 heterocycles. The third-order valence-corrected chi connectivity index (χ3v) is 2.68. The molecule has 0 aliphatic rings. The average molecular weight is 259 g/mol. The smallest absolute Gasteiger partial charge is 0.150 e. The van der Waals surface area contributed by atoms with Crippen LogP contribution in [0.1, 0.15) is 39.7 Å². The summed E-state index contributed by atoms with van der Waals surface area (Å²) in [4.78, 5) is 0. The Hall–Kier alpha value is -1.70. The molecule has 0 aliphatic carbocycles. The van der Waals surface area contributed by atoms with E-state index in [1.807, 2.05) is 37.3 Å². The van der Waals surface area contributed by atoms with Crippen molar-refractivity contribution in [2.24, 2.45) is 5.92 Å². The summed E-state index contributed by atoms with van der Waals surface area (Å²) in [6.07, 6.45) is 7.93. The molecular weight excluding hydrogens is 234 g/mol. The van der Waals surface area contributed by atoms with Crippen LogP contribution < -0.4 is 10.5 Å². The molecule has 19 heavy (non-hydrogen) atoms. The standard InChI is InChI=1S/C17H25NO/c1-5-7-15(8-6-2)19-17-10-9-14(11-13(3)4)12-16(17)18/h5,7-10,12-13H,6,11,18H2,1-4H3/b7-5-,15-8+. The minimum Gasteiger partial charge on any atom is -0.456 e. The molecular formula is C17H25NO. The van der Waals surface area contributed by atoms with Crippen molar-refractivity contribution in [3.8, 4) is 5.75 Å². The molecule has 0 fully saturated rings. The molecule has 0 aromatic heterocycles. The molecule has 1 aromatic carbocycles. The Labute approximate surface area is 117 Å². The number of nitrogen functional groups attached to an aromatic ring is 1. The third kappa shape index (κ3) is 5.21. The van der Waals surface area contributed by atoms with E-state index >= 15 is 0 Å². The van der Waals surface area contributed by atoms with E-state index in [2.05, 4.69) is 26.8 Å². The van der Waals surface area contributed by atoms with E-state index in [4.69, 9.17) is 10.5 Å². The average Bonchev–Trinajstić information content (AvgIpc) is 2.32. The van der Waals surface area contributed by atoms with Crippen molar-refractivity contribution in [1.82, 2.24) is 0 Å². The zero-order chi connectivity index (χ0) is 14.3. The SMILES string of the molecule is C/C=C\C(=C/CC)Oc1ccc(CC(C)C)cc1N. The van der Waals surface area contributed by atoms with Crippen LogP contribution in [0.25, 0.3) is 0 Å². The lowest BCUT2D eigenvalue weighted by Crippen LogP contribution is -2.00. The highest BCUT2D eigenvalue weighted by Gasteiger charge is 2.05. The molecule has 1 rings (SSSR count). The van der Waals surface area contributed by atoms with E-state index in [1.54, 1.807) is 0 Å². The summed E-state index contributed by atoms with van der Waals surface area (Å²) in [5, 5.41) is 0. The second-order valence-electron chi connectivity index (χ2n) is 5.09. The van der Waals surface area contributed by atoms with Gasteiger partial charge in [0.1, 0.15) is 11.5 Å². The van der Waals surface area contributed by atoms with Crippen LogP contribution in [0, 0.1) is 5.92 Å². The molecule has 0 unspecified atom stereocenters. The molecule has 0 saturated heterocycles. The lowest BCUT2D eigenvalue weighted by molar-refractivity contribution is 0.444. The summed E-state index contributed by atoms with van der Waals surface area (Å²) in [6.45, 7) is 8.47. The largest absolute Gasteiger partial charge is 0.456 e. The van der Waals surface area contributed by atoms with Crippen molar-refractivity contribution in [2.75, 3.05) is 5.73 Å². The Bertz CT molecular complexity index is 458. The van der Waals surface area contributed by atoms with Crippen LogP contribution in [0.15, 0.2) is 42.2 Å². The highest BCUT2D eigenvalue weighted by atomic mass is 16.5. The van der Waals surface area contributed by atoms with Gasteiger partial charge in [-0.1, -0.05) is 32.9 Å². The zero-order valence-electron chi connectivity index (χ0n) is 12.4. The summed E-state index contributed by atoms with van der Waals surface area (Å²) >= 11 is 0. The molecule has 1 aromatic rings. The fraction of sp³-hybridized carbons (Fsp3) is 0.412. The van der Waals surface area contributed by atoms with Crippen LogP contribution in [0.2, 0.25) is 0 Å². The van der Waals surface area contributed by atoms with Gasteiger partial charge >= 0.3 is 0 Å². The van der Waals surface area contributed by atoms with E-state index in [0.29, 0.717) is 11.6 Å². The maximum absolute atomic E-state index is 6.06. The van der Waals surface area contributed by atoms with Gasteiger partial charge < -0.3 is 10.5 Å². The van der Waals surface area contributed by atoms with Gasteiger partial charge in [0, 0.05) is 0 Å². The highest BCUT2D eigenvalue weighted by molar-refractivity contribution is 5.55. The minimum atomic E-state index is 0.629. The first kappa shape index (κ1) is 15.4. The van der Waals surface area contributed by atoms with Crippen LogP contribution in [0.3, 0.4) is 0 Å². The molecule has 0 amide bonds. The highest BCUT2D eigenvalue weighted by Crippen LogP contribution is 2.26. The summed E-state index contributed by atoms with van der Waals surface area (Å²) < 4.78 is 5.84. The lowest BCUT2D eigenvalue weighted by atomic mass is 10.0. The lowest BCUT2D eigenvalue weighted by Gasteiger charge is -2.12. The summed E-state index contributed by atoms with van der Waals surface area (Å²) in [7, 11) is 0. The van der Waals surface area contributed by atoms with Gasteiger partial charge in [-0.3, -0.25) is 0 Å². The minimum absolute atomic E-state index is 0.629. The molecule has 2 N–H and O–H groups in total. The number of anilines is 1. The molecule has 0 aliphatic heterocycles. The third-order valence-electron chi connectivity index (χ3n) is 2.68. The van der Waals surface area contributed by atoms with Gasteiger partial charge in [0.05, 0.1) is 5.69 Å². The van der Waals surface area contributed by atoms with Crippen molar-refractivity contribution in [3.63, 3.8) is 0 Å². The van der Waals surface area contributed by atoms with E-state index in [0.717, 1.165) is 24.4 Å². The van der Waals surface area contributed by atoms with Gasteiger partial charge in [0.25, 0.3) is 0 Å². The van der Waals surface area contributed by atoms with Gasteiger partial charge in [-0.15, -0.1) is 0 Å². The van der Waals surface area contributed by atoms with E-state index in [9.17, 15) is 0 Å². The van der Waals surface area contributed by atoms with Crippen LogP contribution in [0.4, 0.5) is 5.69 Å². The van der Waals surface area contributed by atoms with Crippen molar-refractivity contribution in [1.29, 1.82) is 0 Å². The topological polar surface area (TPSA) is 35.2 Å². The maximum Gasteiger partial charge on any atom is 0.150 e. The quantitative estimate of drug-likeness (QED) is 0.456. The van der Waals surface area contributed by atoms with E-state index in [1.165, 1.54) is 5.56 Å². The molecule has 2 nitrogen and oxygen atoms in total. The first-order valence-electron chi connectivity index (χ1n) is 6.95. The number of rotatable bonds is 6. The molecule has 2 heteroatoms. The van der Waals surface area contributed by atoms with Crippen molar-refractivity contribution >= 4 is 5.69 Å². The van der Waals surface area contributed by atoms with Gasteiger partial charge in [0.15, 0.2) is 0 Å². The normalized spacial score (nSPS) is 12.4. The fourth-order valence-electron chi connectivity index (χ4n) is 1.93. The maximum atomic E-state index is 6.06. The van der Waals surface area contributed by atoms with E-state index < -0.39 is 0 Å². The Kier molecular flexibility index (Phi) is 6.20. The van der Waals surface area contributed by atoms with Crippen molar-refractivity contribution in [3.05, 3.63) is 47.7 Å². The van der Waals surface area contributed by atoms with Crippen molar-refractivity contribution in [2.45, 2.75) is 40.5 Å². The van der Waals surface area contributed by atoms with Gasteiger partial charge in [-0.25, -0.2) is 0 Å². The molecule has 0 bridgehead atoms. The number of hydrogen-bond donors (Lipinski definition) is 1. The number of hydrogen-bond acceptors (Lipinski definition) is 2. The van der Waals surface area contributed by atoms with Crippen LogP contribution in [-0.2, 0) is 6.42 Å². The first-order chi connectivity index (χ1) is 9.06. The summed E-state index contributed by atoms with van der Waals surface area (Å²) in [5.41, 5.74) is 8.02. The predicted octanol–water partition coefficient (Wildman–Crippen LogP) is 4.72. The van der Waals surface area contributed by atoms with Gasteiger partial charge in [-0.05, 0) is 55.5 Å². The monoisotopic (exact) mass is 259 g/mol.